The number of nitrogens with zero attached hydrogens (tertiary/aromatic N) is 1. The van der Waals surface area contributed by atoms with E-state index in [4.69, 9.17) is 9.26 Å². The number of carbonyl (C=O) groups is 2. The number of amides is 1. The van der Waals surface area contributed by atoms with Crippen LogP contribution in [0.3, 0.4) is 0 Å². The number of rotatable bonds is 5. The van der Waals surface area contributed by atoms with Gasteiger partial charge in [0.05, 0.1) is 0 Å². The number of nitrogens with one attached hydrogen (secondary N) is 1. The van der Waals surface area contributed by atoms with Crippen molar-refractivity contribution in [1.82, 2.24) is 10.5 Å². The Balaban J connectivity index is 1.62. The molecule has 0 aliphatic heterocycles. The van der Waals surface area contributed by atoms with Crippen LogP contribution in [0.2, 0.25) is 0 Å². The van der Waals surface area contributed by atoms with E-state index in [1.54, 1.807) is 6.92 Å². The second kappa shape index (κ2) is 7.96. The summed E-state index contributed by atoms with van der Waals surface area (Å²) in [7, 11) is 0. The van der Waals surface area contributed by atoms with Crippen LogP contribution in [0.15, 0.2) is 34.9 Å². The van der Waals surface area contributed by atoms with E-state index in [0.717, 1.165) is 31.2 Å². The van der Waals surface area contributed by atoms with Crippen molar-refractivity contribution >= 4 is 11.9 Å². The number of aryl methyl sites for hydroxylation is 1. The third kappa shape index (κ3) is 4.26. The van der Waals surface area contributed by atoms with Gasteiger partial charge in [0.1, 0.15) is 17.0 Å². The van der Waals surface area contributed by atoms with Gasteiger partial charge in [0.15, 0.2) is 6.61 Å². The average Bonchev–Trinajstić information content (AvgIpc) is 3.03. The summed E-state index contributed by atoms with van der Waals surface area (Å²) in [5, 5.41) is 6.88. The van der Waals surface area contributed by atoms with Crippen LogP contribution in [0, 0.1) is 6.92 Å². The molecule has 1 saturated carbocycles. The predicted molar refractivity (Wildman–Crippen MR) is 92.0 cm³/mol. The molecule has 0 bridgehead atoms. The molecule has 0 unspecified atom stereocenters. The first kappa shape index (κ1) is 17.2. The molecule has 6 heteroatoms. The highest BCUT2D eigenvalue weighted by Gasteiger charge is 2.24. The number of esters is 1. The second-order valence-corrected chi connectivity index (χ2v) is 6.31. The highest BCUT2D eigenvalue weighted by Crippen LogP contribution is 2.25. The molecule has 1 N–H and O–H groups in total. The molecule has 3 rings (SSSR count). The maximum Gasteiger partial charge on any atom is 0.344 e. The van der Waals surface area contributed by atoms with Gasteiger partial charge >= 0.3 is 5.97 Å². The molecule has 6 nitrogen and oxygen atoms in total. The molecule has 1 aliphatic rings. The Morgan fingerprint density at radius 2 is 1.92 bits per heavy atom. The summed E-state index contributed by atoms with van der Waals surface area (Å²) < 4.78 is 10.3. The fourth-order valence-electron chi connectivity index (χ4n) is 3.13. The quantitative estimate of drug-likeness (QED) is 0.844. The molecule has 1 aliphatic carbocycles. The van der Waals surface area contributed by atoms with Crippen molar-refractivity contribution in [2.45, 2.75) is 45.1 Å². The Morgan fingerprint density at radius 1 is 1.20 bits per heavy atom. The lowest BCUT2D eigenvalue weighted by Crippen LogP contribution is -2.38. The first-order chi connectivity index (χ1) is 12.1. The highest BCUT2D eigenvalue weighted by atomic mass is 16.5. The Bertz CT molecular complexity index is 733. The lowest BCUT2D eigenvalue weighted by atomic mass is 9.95. The van der Waals surface area contributed by atoms with Crippen LogP contribution in [0.4, 0.5) is 0 Å². The van der Waals surface area contributed by atoms with E-state index < -0.39 is 5.97 Å². The normalized spacial score (nSPS) is 14.9. The third-order valence-corrected chi connectivity index (χ3v) is 4.42. The van der Waals surface area contributed by atoms with Gasteiger partial charge in [0.2, 0.25) is 0 Å². The van der Waals surface area contributed by atoms with E-state index in [1.807, 2.05) is 30.3 Å². The number of benzene rings is 1. The van der Waals surface area contributed by atoms with Gasteiger partial charge in [-0.15, -0.1) is 0 Å². The van der Waals surface area contributed by atoms with Gasteiger partial charge in [0, 0.05) is 11.6 Å². The van der Waals surface area contributed by atoms with Crippen molar-refractivity contribution in [1.29, 1.82) is 0 Å². The number of carbonyl (C=O) groups excluding carboxylic acids is 2. The molecule has 132 valence electrons. The highest BCUT2D eigenvalue weighted by molar-refractivity contribution is 5.98. The molecule has 1 amide bonds. The summed E-state index contributed by atoms with van der Waals surface area (Å²) in [5.74, 6) is -0.497. The first-order valence-electron chi connectivity index (χ1n) is 8.63. The van der Waals surface area contributed by atoms with E-state index in [-0.39, 0.29) is 24.1 Å². The van der Waals surface area contributed by atoms with Gasteiger partial charge in [-0.1, -0.05) is 54.8 Å². The lowest BCUT2D eigenvalue weighted by Gasteiger charge is -2.22. The number of hydrogen-bond donors (Lipinski definition) is 1. The molecule has 0 radical (unpaired) electrons. The van der Waals surface area contributed by atoms with Crippen LogP contribution in [0.1, 0.15) is 48.2 Å². The van der Waals surface area contributed by atoms with E-state index in [9.17, 15) is 9.59 Å². The molecule has 25 heavy (non-hydrogen) atoms. The van der Waals surface area contributed by atoms with Crippen LogP contribution in [-0.4, -0.2) is 29.7 Å². The van der Waals surface area contributed by atoms with Crippen molar-refractivity contribution < 1.29 is 18.8 Å². The topological polar surface area (TPSA) is 81.4 Å². The van der Waals surface area contributed by atoms with E-state index in [1.165, 1.54) is 6.42 Å². The van der Waals surface area contributed by atoms with Gasteiger partial charge in [-0.2, -0.15) is 0 Å². The molecule has 2 aromatic rings. The zero-order valence-corrected chi connectivity index (χ0v) is 14.3. The smallest absolute Gasteiger partial charge is 0.344 e. The summed E-state index contributed by atoms with van der Waals surface area (Å²) in [6, 6.07) is 9.45. The monoisotopic (exact) mass is 342 g/mol. The van der Waals surface area contributed by atoms with E-state index in [2.05, 4.69) is 10.5 Å². The summed E-state index contributed by atoms with van der Waals surface area (Å²) in [5.41, 5.74) is 1.45. The van der Waals surface area contributed by atoms with Gasteiger partial charge < -0.3 is 14.6 Å². The van der Waals surface area contributed by atoms with Crippen LogP contribution in [0.25, 0.3) is 11.3 Å². The number of hydrogen-bond acceptors (Lipinski definition) is 5. The van der Waals surface area contributed by atoms with Crippen LogP contribution in [-0.2, 0) is 9.53 Å². The molecular weight excluding hydrogens is 320 g/mol. The Kier molecular flexibility index (Phi) is 5.48. The molecule has 0 saturated heterocycles. The maximum absolute atomic E-state index is 12.4. The van der Waals surface area contributed by atoms with Crippen LogP contribution in [0.5, 0.6) is 0 Å². The summed E-state index contributed by atoms with van der Waals surface area (Å²) in [6.45, 7) is 1.35. The number of aromatic nitrogens is 1. The minimum absolute atomic E-state index is 0.192. The number of ether oxygens (including phenoxy) is 1. The fourth-order valence-corrected chi connectivity index (χ4v) is 3.13. The molecular formula is C19H22N2O4. The standard InChI is InChI=1S/C19H22N2O4/c1-13-17(18(21-25-13)14-8-4-2-5-9-14)19(23)24-12-16(22)20-15-10-6-3-7-11-15/h2,4-5,8-9,15H,3,6-7,10-12H2,1H3,(H,20,22). The predicted octanol–water partition coefficient (Wildman–Crippen LogP) is 3.26. The minimum atomic E-state index is -0.601. The molecule has 1 aromatic heterocycles. The van der Waals surface area contributed by atoms with E-state index in [0.29, 0.717) is 11.5 Å². The molecule has 0 spiro atoms. The second-order valence-electron chi connectivity index (χ2n) is 6.31. The SMILES string of the molecule is Cc1onc(-c2ccccc2)c1C(=O)OCC(=O)NC1CCCCC1. The first-order valence-corrected chi connectivity index (χ1v) is 8.63. The fraction of sp³-hybridized carbons (Fsp3) is 0.421. The van der Waals surface area contributed by atoms with Gasteiger partial charge in [-0.25, -0.2) is 4.79 Å². The van der Waals surface area contributed by atoms with Gasteiger partial charge in [0.25, 0.3) is 5.91 Å². The Hall–Kier alpha value is -2.63. The van der Waals surface area contributed by atoms with Gasteiger partial charge in [-0.05, 0) is 19.8 Å². The minimum Gasteiger partial charge on any atom is -0.452 e. The van der Waals surface area contributed by atoms with E-state index >= 15 is 0 Å². The van der Waals surface area contributed by atoms with Crippen molar-refractivity contribution in [3.8, 4) is 11.3 Å². The molecule has 1 aromatic carbocycles. The van der Waals surface area contributed by atoms with Crippen LogP contribution >= 0.6 is 0 Å². The summed E-state index contributed by atoms with van der Waals surface area (Å²) in [4.78, 5) is 24.4. The zero-order valence-electron chi connectivity index (χ0n) is 14.3. The molecule has 1 fully saturated rings. The summed E-state index contributed by atoms with van der Waals surface area (Å²) >= 11 is 0. The maximum atomic E-state index is 12.4. The zero-order chi connectivity index (χ0) is 17.6. The van der Waals surface area contributed by atoms with Crippen molar-refractivity contribution in [2.24, 2.45) is 0 Å². The Labute approximate surface area is 146 Å². The van der Waals surface area contributed by atoms with Crippen LogP contribution < -0.4 is 5.32 Å². The Morgan fingerprint density at radius 3 is 2.64 bits per heavy atom. The molecule has 0 atom stereocenters. The van der Waals surface area contributed by atoms with Crippen molar-refractivity contribution in [3.63, 3.8) is 0 Å². The lowest BCUT2D eigenvalue weighted by molar-refractivity contribution is -0.125. The van der Waals surface area contributed by atoms with Gasteiger partial charge in [-0.3, -0.25) is 4.79 Å². The largest absolute Gasteiger partial charge is 0.452 e. The average molecular weight is 342 g/mol. The summed E-state index contributed by atoms with van der Waals surface area (Å²) in [6.07, 6.45) is 5.46. The third-order valence-electron chi connectivity index (χ3n) is 4.42. The molecule has 1 heterocycles. The van der Waals surface area contributed by atoms with Crippen molar-refractivity contribution in [3.05, 3.63) is 41.7 Å². The van der Waals surface area contributed by atoms with Crippen molar-refractivity contribution in [2.75, 3.05) is 6.61 Å².